The second kappa shape index (κ2) is 5.54. The molecule has 3 rings (SSSR count). The Balaban J connectivity index is 1.77. The molecule has 1 aliphatic rings. The molecule has 4 heteroatoms. The van der Waals surface area contributed by atoms with Crippen LogP contribution in [0.3, 0.4) is 0 Å². The number of aliphatic hydroxyl groups is 1. The zero-order valence-corrected chi connectivity index (χ0v) is 12.3. The molecule has 0 spiro atoms. The van der Waals surface area contributed by atoms with Gasteiger partial charge in [0.1, 0.15) is 12.4 Å². The number of ketones is 1. The van der Waals surface area contributed by atoms with E-state index >= 15 is 0 Å². The summed E-state index contributed by atoms with van der Waals surface area (Å²) < 4.78 is 19.7. The van der Waals surface area contributed by atoms with Crippen LogP contribution in [0.4, 0.5) is 4.39 Å². The number of ether oxygens (including phenoxy) is 1. The molecule has 0 unspecified atom stereocenters. The number of benzene rings is 2. The summed E-state index contributed by atoms with van der Waals surface area (Å²) in [6.45, 7) is 1.59. The highest BCUT2D eigenvalue weighted by Gasteiger charge is 2.39. The van der Waals surface area contributed by atoms with Crippen molar-refractivity contribution in [2.45, 2.75) is 25.2 Å². The predicted molar refractivity (Wildman–Crippen MR) is 80.9 cm³/mol. The normalized spacial score (nSPS) is 15.4. The minimum absolute atomic E-state index is 0.117. The van der Waals surface area contributed by atoms with E-state index in [1.54, 1.807) is 30.3 Å². The summed E-state index contributed by atoms with van der Waals surface area (Å²) in [5.74, 6) is -0.145. The smallest absolute Gasteiger partial charge is 0.188 e. The number of rotatable bonds is 5. The highest BCUT2D eigenvalue weighted by Crippen LogP contribution is 2.48. The molecule has 0 aliphatic heterocycles. The summed E-state index contributed by atoms with van der Waals surface area (Å²) in [6.07, 6.45) is 2.18. The Bertz CT molecular complexity index is 703. The Hall–Kier alpha value is -2.20. The van der Waals surface area contributed by atoms with Crippen LogP contribution in [0.5, 0.6) is 11.5 Å². The lowest BCUT2D eigenvalue weighted by atomic mass is 9.98. The Kier molecular flexibility index (Phi) is 3.71. The van der Waals surface area contributed by atoms with Gasteiger partial charge in [0.05, 0.1) is 0 Å². The summed E-state index contributed by atoms with van der Waals surface area (Å²) in [6, 6.07) is 11.3. The van der Waals surface area contributed by atoms with Gasteiger partial charge < -0.3 is 9.84 Å². The van der Waals surface area contributed by atoms with Gasteiger partial charge in [0.2, 0.25) is 0 Å². The van der Waals surface area contributed by atoms with Gasteiger partial charge in [-0.05, 0) is 60.2 Å². The third-order valence-corrected chi connectivity index (χ3v) is 4.18. The van der Waals surface area contributed by atoms with Crippen molar-refractivity contribution in [3.63, 3.8) is 0 Å². The number of hydrogen-bond donors (Lipinski definition) is 1. The first kappa shape index (κ1) is 14.7. The quantitative estimate of drug-likeness (QED) is 0.853. The minimum atomic E-state index is -0.533. The second-order valence-corrected chi connectivity index (χ2v) is 5.91. The fourth-order valence-electron chi connectivity index (χ4n) is 2.36. The van der Waals surface area contributed by atoms with Crippen LogP contribution in [0.1, 0.15) is 35.7 Å². The molecule has 0 aromatic heterocycles. The van der Waals surface area contributed by atoms with Crippen LogP contribution in [0.15, 0.2) is 42.5 Å². The first-order chi connectivity index (χ1) is 10.5. The Morgan fingerprint density at radius 1 is 1.23 bits per heavy atom. The third kappa shape index (κ3) is 2.88. The molecule has 0 atom stereocenters. The number of hydrogen-bond acceptors (Lipinski definition) is 3. The van der Waals surface area contributed by atoms with E-state index in [0.29, 0.717) is 11.3 Å². The molecule has 2 aromatic rings. The van der Waals surface area contributed by atoms with Gasteiger partial charge in [-0.2, -0.15) is 0 Å². The highest BCUT2D eigenvalue weighted by molar-refractivity contribution is 5.96. The second-order valence-electron chi connectivity index (χ2n) is 5.91. The van der Waals surface area contributed by atoms with Crippen LogP contribution >= 0.6 is 0 Å². The van der Waals surface area contributed by atoms with Gasteiger partial charge in [0.25, 0.3) is 0 Å². The number of Topliss-reactive ketones (excluding diaryl/α,β-unsaturated/α-hetero) is 1. The molecule has 2 aromatic carbocycles. The van der Waals surface area contributed by atoms with Crippen LogP contribution in [0.25, 0.3) is 0 Å². The van der Waals surface area contributed by atoms with Crippen LogP contribution in [-0.2, 0) is 5.41 Å². The SMILES string of the molecule is CC1(c2ccc(Oc3ccc(C(=O)CO)cc3)c(F)c2)CC1. The van der Waals surface area contributed by atoms with Crippen molar-refractivity contribution in [2.24, 2.45) is 0 Å². The van der Waals surface area contributed by atoms with Crippen molar-refractivity contribution in [1.29, 1.82) is 0 Å². The van der Waals surface area contributed by atoms with Crippen LogP contribution in [0.2, 0.25) is 0 Å². The molecule has 1 fully saturated rings. The summed E-state index contributed by atoms with van der Waals surface area (Å²) in [4.78, 5) is 11.3. The van der Waals surface area contributed by atoms with Gasteiger partial charge in [0.15, 0.2) is 17.3 Å². The van der Waals surface area contributed by atoms with Gasteiger partial charge in [-0.25, -0.2) is 4.39 Å². The molecule has 1 aliphatic carbocycles. The number of carbonyl (C=O) groups excluding carboxylic acids is 1. The van der Waals surface area contributed by atoms with E-state index < -0.39 is 6.61 Å². The maximum Gasteiger partial charge on any atom is 0.188 e. The predicted octanol–water partition coefficient (Wildman–Crippen LogP) is 3.84. The lowest BCUT2D eigenvalue weighted by Crippen LogP contribution is -2.03. The van der Waals surface area contributed by atoms with Crippen molar-refractivity contribution < 1.29 is 19.0 Å². The van der Waals surface area contributed by atoms with Crippen LogP contribution in [-0.4, -0.2) is 17.5 Å². The lowest BCUT2D eigenvalue weighted by Gasteiger charge is -2.12. The molecule has 1 saturated carbocycles. The fourth-order valence-corrected chi connectivity index (χ4v) is 2.36. The van der Waals surface area contributed by atoms with E-state index in [-0.39, 0.29) is 22.8 Å². The van der Waals surface area contributed by atoms with E-state index in [9.17, 15) is 9.18 Å². The van der Waals surface area contributed by atoms with E-state index in [2.05, 4.69) is 6.92 Å². The van der Waals surface area contributed by atoms with E-state index in [1.807, 2.05) is 6.07 Å². The van der Waals surface area contributed by atoms with Gasteiger partial charge in [-0.3, -0.25) is 4.79 Å². The van der Waals surface area contributed by atoms with Gasteiger partial charge in [-0.1, -0.05) is 13.0 Å². The molecule has 1 N–H and O–H groups in total. The molecule has 0 saturated heterocycles. The van der Waals surface area contributed by atoms with Crippen molar-refractivity contribution in [3.8, 4) is 11.5 Å². The van der Waals surface area contributed by atoms with E-state index in [4.69, 9.17) is 9.84 Å². The Morgan fingerprint density at radius 2 is 1.91 bits per heavy atom. The summed E-state index contributed by atoms with van der Waals surface area (Å²) in [5, 5.41) is 8.80. The molecule has 0 amide bonds. The molecular formula is C18H17FO3. The molecule has 0 bridgehead atoms. The molecule has 0 heterocycles. The Morgan fingerprint density at radius 3 is 2.45 bits per heavy atom. The number of carbonyl (C=O) groups is 1. The first-order valence-electron chi connectivity index (χ1n) is 7.24. The molecule has 114 valence electrons. The van der Waals surface area contributed by atoms with Gasteiger partial charge in [-0.15, -0.1) is 0 Å². The summed E-state index contributed by atoms with van der Waals surface area (Å²) in [7, 11) is 0. The van der Waals surface area contributed by atoms with Crippen molar-refractivity contribution >= 4 is 5.78 Å². The topological polar surface area (TPSA) is 46.5 Å². The summed E-state index contributed by atoms with van der Waals surface area (Å²) >= 11 is 0. The first-order valence-corrected chi connectivity index (χ1v) is 7.24. The van der Waals surface area contributed by atoms with Crippen molar-refractivity contribution in [1.82, 2.24) is 0 Å². The Labute approximate surface area is 128 Å². The zero-order valence-electron chi connectivity index (χ0n) is 12.3. The maximum absolute atomic E-state index is 14.1. The van der Waals surface area contributed by atoms with Gasteiger partial charge in [0, 0.05) is 5.56 Å². The molecule has 22 heavy (non-hydrogen) atoms. The standard InChI is InChI=1S/C18H17FO3/c1-18(8-9-18)13-4-7-17(15(19)10-13)22-14-5-2-12(3-6-14)16(21)11-20/h2-7,10,20H,8-9,11H2,1H3. The van der Waals surface area contributed by atoms with Gasteiger partial charge >= 0.3 is 0 Å². The average molecular weight is 300 g/mol. The average Bonchev–Trinajstić information content (AvgIpc) is 3.28. The third-order valence-electron chi connectivity index (χ3n) is 4.18. The largest absolute Gasteiger partial charge is 0.454 e. The monoisotopic (exact) mass is 300 g/mol. The van der Waals surface area contributed by atoms with Crippen molar-refractivity contribution in [3.05, 3.63) is 59.4 Å². The maximum atomic E-state index is 14.1. The van der Waals surface area contributed by atoms with Crippen LogP contribution in [0, 0.1) is 5.82 Å². The zero-order chi connectivity index (χ0) is 15.7. The lowest BCUT2D eigenvalue weighted by molar-refractivity contribution is 0.0903. The van der Waals surface area contributed by atoms with E-state index in [0.717, 1.165) is 18.4 Å². The highest BCUT2D eigenvalue weighted by atomic mass is 19.1. The minimum Gasteiger partial charge on any atom is -0.454 e. The molecule has 0 radical (unpaired) electrons. The number of aliphatic hydroxyl groups excluding tert-OH is 1. The molecule has 3 nitrogen and oxygen atoms in total. The fraction of sp³-hybridized carbons (Fsp3) is 0.278. The summed E-state index contributed by atoms with van der Waals surface area (Å²) in [5.41, 5.74) is 1.51. The number of halogens is 1. The molecular weight excluding hydrogens is 283 g/mol. The van der Waals surface area contributed by atoms with E-state index in [1.165, 1.54) is 6.07 Å². The van der Waals surface area contributed by atoms with Crippen LogP contribution < -0.4 is 4.74 Å². The van der Waals surface area contributed by atoms with Crippen molar-refractivity contribution in [2.75, 3.05) is 6.61 Å².